The number of amides is 2. The van der Waals surface area contributed by atoms with Gasteiger partial charge in [-0.1, -0.05) is 42.6 Å². The van der Waals surface area contributed by atoms with Crippen LogP contribution >= 0.6 is 11.6 Å². The zero-order valence-corrected chi connectivity index (χ0v) is 15.5. The molecule has 3 aromatic rings. The quantitative estimate of drug-likeness (QED) is 0.630. The summed E-state index contributed by atoms with van der Waals surface area (Å²) in [5, 5.41) is 10.9. The van der Waals surface area contributed by atoms with Crippen LogP contribution in [0.5, 0.6) is 0 Å². The molecule has 0 saturated carbocycles. The van der Waals surface area contributed by atoms with Crippen molar-refractivity contribution in [3.05, 3.63) is 70.9 Å². The van der Waals surface area contributed by atoms with Gasteiger partial charge < -0.3 is 5.32 Å². The van der Waals surface area contributed by atoms with E-state index in [0.717, 1.165) is 24.2 Å². The molecule has 26 heavy (non-hydrogen) atoms. The highest BCUT2D eigenvalue weighted by atomic mass is 35.5. The third-order valence-electron chi connectivity index (χ3n) is 3.89. The summed E-state index contributed by atoms with van der Waals surface area (Å²) in [5.41, 5.74) is 3.68. The van der Waals surface area contributed by atoms with Crippen LogP contribution in [0.25, 0.3) is 5.69 Å². The molecule has 1 heterocycles. The van der Waals surface area contributed by atoms with E-state index in [0.29, 0.717) is 16.5 Å². The fourth-order valence-corrected chi connectivity index (χ4v) is 2.72. The molecule has 0 bridgehead atoms. The van der Waals surface area contributed by atoms with Crippen molar-refractivity contribution >= 4 is 29.1 Å². The standard InChI is InChI=1S/C20H21ClN4O/c1-3-4-17-13-19(25(24-17)18-11-5-14(2)6-12-18)23-20(26)22-16-9-7-15(21)8-10-16/h5-13H,3-4H2,1-2H3,(H2,22,23,26). The highest BCUT2D eigenvalue weighted by Crippen LogP contribution is 2.20. The molecule has 134 valence electrons. The van der Waals surface area contributed by atoms with Gasteiger partial charge in [-0.25, -0.2) is 9.48 Å². The van der Waals surface area contributed by atoms with Crippen LogP contribution in [-0.4, -0.2) is 15.8 Å². The van der Waals surface area contributed by atoms with E-state index in [4.69, 9.17) is 11.6 Å². The van der Waals surface area contributed by atoms with Crippen LogP contribution in [0.15, 0.2) is 54.6 Å². The third-order valence-corrected chi connectivity index (χ3v) is 4.14. The largest absolute Gasteiger partial charge is 0.324 e. The highest BCUT2D eigenvalue weighted by Gasteiger charge is 2.12. The molecule has 0 unspecified atom stereocenters. The first kappa shape index (κ1) is 18.0. The number of carbonyl (C=O) groups excluding carboxylic acids is 1. The first-order valence-corrected chi connectivity index (χ1v) is 8.92. The van der Waals surface area contributed by atoms with Gasteiger partial charge in [0.2, 0.25) is 0 Å². The Labute approximate surface area is 158 Å². The molecule has 0 aliphatic heterocycles. The van der Waals surface area contributed by atoms with Crippen LogP contribution in [-0.2, 0) is 6.42 Å². The van der Waals surface area contributed by atoms with E-state index in [1.807, 2.05) is 37.3 Å². The molecule has 0 fully saturated rings. The maximum atomic E-state index is 12.4. The summed E-state index contributed by atoms with van der Waals surface area (Å²) in [6.07, 6.45) is 1.84. The van der Waals surface area contributed by atoms with Crippen LogP contribution < -0.4 is 10.6 Å². The van der Waals surface area contributed by atoms with E-state index in [1.165, 1.54) is 5.56 Å². The van der Waals surface area contributed by atoms with Gasteiger partial charge in [0, 0.05) is 16.8 Å². The fourth-order valence-electron chi connectivity index (χ4n) is 2.59. The second-order valence-corrected chi connectivity index (χ2v) is 6.54. The van der Waals surface area contributed by atoms with Crippen LogP contribution in [0.2, 0.25) is 5.02 Å². The molecule has 0 aliphatic carbocycles. The van der Waals surface area contributed by atoms with Crippen molar-refractivity contribution in [1.82, 2.24) is 9.78 Å². The van der Waals surface area contributed by atoms with Gasteiger partial charge in [0.25, 0.3) is 0 Å². The van der Waals surface area contributed by atoms with Crippen molar-refractivity contribution in [2.75, 3.05) is 10.6 Å². The second kappa shape index (κ2) is 8.06. The molecule has 2 amide bonds. The second-order valence-electron chi connectivity index (χ2n) is 6.10. The molecule has 2 aromatic carbocycles. The lowest BCUT2D eigenvalue weighted by Gasteiger charge is -2.10. The number of benzene rings is 2. The Morgan fingerprint density at radius 1 is 1.08 bits per heavy atom. The van der Waals surface area contributed by atoms with Gasteiger partial charge in [0.1, 0.15) is 5.82 Å². The summed E-state index contributed by atoms with van der Waals surface area (Å²) < 4.78 is 1.76. The van der Waals surface area contributed by atoms with Gasteiger partial charge in [-0.05, 0) is 49.7 Å². The normalized spacial score (nSPS) is 10.6. The number of urea groups is 1. The molecule has 3 rings (SSSR count). The molecular weight excluding hydrogens is 348 g/mol. The summed E-state index contributed by atoms with van der Waals surface area (Å²) in [6.45, 7) is 4.14. The van der Waals surface area contributed by atoms with Gasteiger partial charge in [0.15, 0.2) is 0 Å². The minimum Gasteiger partial charge on any atom is -0.308 e. The number of carbonyl (C=O) groups is 1. The molecule has 2 N–H and O–H groups in total. The molecule has 0 spiro atoms. The minimum absolute atomic E-state index is 0.330. The lowest BCUT2D eigenvalue weighted by Crippen LogP contribution is -2.21. The maximum absolute atomic E-state index is 12.4. The minimum atomic E-state index is -0.330. The molecule has 0 aliphatic rings. The van der Waals surface area contributed by atoms with Crippen molar-refractivity contribution in [1.29, 1.82) is 0 Å². The number of anilines is 2. The molecule has 0 saturated heterocycles. The monoisotopic (exact) mass is 368 g/mol. The van der Waals surface area contributed by atoms with Crippen LogP contribution in [0, 0.1) is 6.92 Å². The van der Waals surface area contributed by atoms with Gasteiger partial charge in [0.05, 0.1) is 11.4 Å². The van der Waals surface area contributed by atoms with Gasteiger partial charge >= 0.3 is 6.03 Å². The predicted octanol–water partition coefficient (Wildman–Crippen LogP) is 5.43. The predicted molar refractivity (Wildman–Crippen MR) is 106 cm³/mol. The Morgan fingerprint density at radius 2 is 1.77 bits per heavy atom. The Balaban J connectivity index is 1.82. The van der Waals surface area contributed by atoms with E-state index < -0.39 is 0 Å². The number of nitrogens with zero attached hydrogens (tertiary/aromatic N) is 2. The van der Waals surface area contributed by atoms with Crippen molar-refractivity contribution < 1.29 is 4.79 Å². The van der Waals surface area contributed by atoms with Gasteiger partial charge in [-0.15, -0.1) is 0 Å². The molecule has 1 aromatic heterocycles. The van der Waals surface area contributed by atoms with Crippen molar-refractivity contribution in [2.24, 2.45) is 0 Å². The summed E-state index contributed by atoms with van der Waals surface area (Å²) in [6, 6.07) is 16.6. The molecule has 6 heteroatoms. The van der Waals surface area contributed by atoms with Crippen LogP contribution in [0.3, 0.4) is 0 Å². The van der Waals surface area contributed by atoms with Crippen molar-refractivity contribution in [2.45, 2.75) is 26.7 Å². The summed E-state index contributed by atoms with van der Waals surface area (Å²) >= 11 is 5.87. The smallest absolute Gasteiger partial charge is 0.308 e. The fraction of sp³-hybridized carbons (Fsp3) is 0.200. The lowest BCUT2D eigenvalue weighted by molar-refractivity contribution is 0.262. The Morgan fingerprint density at radius 3 is 2.42 bits per heavy atom. The number of hydrogen-bond donors (Lipinski definition) is 2. The van der Waals surface area contributed by atoms with Crippen LogP contribution in [0.1, 0.15) is 24.6 Å². The molecule has 0 radical (unpaired) electrons. The number of nitrogens with one attached hydrogen (secondary N) is 2. The Bertz CT molecular complexity index is 885. The number of halogens is 1. The molecular formula is C20H21ClN4O. The average molecular weight is 369 g/mol. The molecule has 5 nitrogen and oxygen atoms in total. The zero-order chi connectivity index (χ0) is 18.5. The first-order valence-electron chi connectivity index (χ1n) is 8.54. The summed E-state index contributed by atoms with van der Waals surface area (Å²) in [4.78, 5) is 12.4. The van der Waals surface area contributed by atoms with E-state index in [9.17, 15) is 4.79 Å². The van der Waals surface area contributed by atoms with Crippen molar-refractivity contribution in [3.63, 3.8) is 0 Å². The van der Waals surface area contributed by atoms with E-state index >= 15 is 0 Å². The summed E-state index contributed by atoms with van der Waals surface area (Å²) in [5.74, 6) is 0.628. The summed E-state index contributed by atoms with van der Waals surface area (Å²) in [7, 11) is 0. The SMILES string of the molecule is CCCc1cc(NC(=O)Nc2ccc(Cl)cc2)n(-c2ccc(C)cc2)n1. The maximum Gasteiger partial charge on any atom is 0.324 e. The highest BCUT2D eigenvalue weighted by molar-refractivity contribution is 6.30. The van der Waals surface area contributed by atoms with E-state index in [1.54, 1.807) is 28.9 Å². The Kier molecular flexibility index (Phi) is 5.58. The number of hydrogen-bond acceptors (Lipinski definition) is 2. The van der Waals surface area contributed by atoms with E-state index in [-0.39, 0.29) is 6.03 Å². The topological polar surface area (TPSA) is 59.0 Å². The number of aryl methyl sites for hydroxylation is 2. The average Bonchev–Trinajstić information content (AvgIpc) is 3.00. The van der Waals surface area contributed by atoms with Crippen molar-refractivity contribution in [3.8, 4) is 5.69 Å². The first-order chi connectivity index (χ1) is 12.5. The lowest BCUT2D eigenvalue weighted by atomic mass is 10.2. The zero-order valence-electron chi connectivity index (χ0n) is 14.8. The molecule has 0 atom stereocenters. The number of rotatable bonds is 5. The van der Waals surface area contributed by atoms with E-state index in [2.05, 4.69) is 22.7 Å². The van der Waals surface area contributed by atoms with Gasteiger partial charge in [-0.2, -0.15) is 5.10 Å². The third kappa shape index (κ3) is 4.43. The Hall–Kier alpha value is -2.79. The number of aromatic nitrogens is 2. The van der Waals surface area contributed by atoms with Crippen LogP contribution in [0.4, 0.5) is 16.3 Å². The van der Waals surface area contributed by atoms with Gasteiger partial charge in [-0.3, -0.25) is 5.32 Å².